The molecule has 116 valence electrons. The lowest BCUT2D eigenvalue weighted by molar-refractivity contribution is -0.145. The van der Waals surface area contributed by atoms with Gasteiger partial charge in [-0.3, -0.25) is 9.89 Å². The molecule has 0 bridgehead atoms. The third kappa shape index (κ3) is 3.65. The average molecular weight is 322 g/mol. The Kier molecular flexibility index (Phi) is 5.16. The molecule has 1 unspecified atom stereocenters. The van der Waals surface area contributed by atoms with Crippen LogP contribution in [0.2, 0.25) is 5.02 Å². The summed E-state index contributed by atoms with van der Waals surface area (Å²) < 4.78 is 5.03. The van der Waals surface area contributed by atoms with Gasteiger partial charge < -0.3 is 10.1 Å². The molecular weight excluding hydrogens is 306 g/mol. The van der Waals surface area contributed by atoms with E-state index in [9.17, 15) is 9.59 Å². The minimum atomic E-state index is -0.904. The summed E-state index contributed by atoms with van der Waals surface area (Å²) in [7, 11) is 0. The topological polar surface area (TPSA) is 84.1 Å². The number of amides is 1. The highest BCUT2D eigenvalue weighted by molar-refractivity contribution is 6.30. The van der Waals surface area contributed by atoms with Crippen LogP contribution in [-0.4, -0.2) is 28.7 Å². The van der Waals surface area contributed by atoms with Gasteiger partial charge in [0.15, 0.2) is 6.04 Å². The molecule has 6 nitrogen and oxygen atoms in total. The maximum Gasteiger partial charge on any atom is 0.333 e. The van der Waals surface area contributed by atoms with Crippen LogP contribution in [0.5, 0.6) is 0 Å². The third-order valence-electron chi connectivity index (χ3n) is 3.08. The molecule has 2 aromatic rings. The van der Waals surface area contributed by atoms with E-state index in [1.165, 1.54) is 6.20 Å². The molecule has 0 aliphatic carbocycles. The average Bonchev–Trinajstić information content (AvgIpc) is 2.92. The van der Waals surface area contributed by atoms with Crippen LogP contribution in [0.1, 0.15) is 34.6 Å². The van der Waals surface area contributed by atoms with Gasteiger partial charge in [-0.25, -0.2) is 4.79 Å². The fourth-order valence-electron chi connectivity index (χ4n) is 1.95. The SMILES string of the molecule is CCOC(=O)C(NC(=O)c1cn[nH]c1C)c1ccc(Cl)cc1. The molecule has 0 radical (unpaired) electrons. The molecule has 0 fully saturated rings. The highest BCUT2D eigenvalue weighted by Crippen LogP contribution is 2.19. The number of halogens is 1. The quantitative estimate of drug-likeness (QED) is 0.828. The van der Waals surface area contributed by atoms with Crippen LogP contribution in [-0.2, 0) is 9.53 Å². The third-order valence-corrected chi connectivity index (χ3v) is 3.33. The second-order valence-electron chi connectivity index (χ2n) is 4.62. The molecule has 22 heavy (non-hydrogen) atoms. The smallest absolute Gasteiger partial charge is 0.333 e. The van der Waals surface area contributed by atoms with Crippen molar-refractivity contribution in [2.24, 2.45) is 0 Å². The number of rotatable bonds is 5. The number of nitrogens with zero attached hydrogens (tertiary/aromatic N) is 1. The molecule has 0 aliphatic rings. The predicted octanol–water partition coefficient (Wildman–Crippen LogP) is 2.41. The van der Waals surface area contributed by atoms with Crippen LogP contribution >= 0.6 is 11.6 Å². The van der Waals surface area contributed by atoms with E-state index in [1.54, 1.807) is 38.1 Å². The van der Waals surface area contributed by atoms with E-state index in [1.807, 2.05) is 0 Å². The standard InChI is InChI=1S/C15H16ClN3O3/c1-3-22-15(21)13(10-4-6-11(16)7-5-10)18-14(20)12-8-17-19-9(12)2/h4-8,13H,3H2,1-2H3,(H,17,19)(H,18,20). The molecule has 1 heterocycles. The lowest BCUT2D eigenvalue weighted by Gasteiger charge is -2.17. The van der Waals surface area contributed by atoms with Crippen molar-refractivity contribution in [1.29, 1.82) is 0 Å². The normalized spacial score (nSPS) is 11.8. The Hall–Kier alpha value is -2.34. The fourth-order valence-corrected chi connectivity index (χ4v) is 2.07. The fraction of sp³-hybridized carbons (Fsp3) is 0.267. The summed E-state index contributed by atoms with van der Waals surface area (Å²) >= 11 is 5.85. The van der Waals surface area contributed by atoms with Crippen LogP contribution in [0.3, 0.4) is 0 Å². The second-order valence-corrected chi connectivity index (χ2v) is 5.06. The minimum absolute atomic E-state index is 0.226. The van der Waals surface area contributed by atoms with Crippen molar-refractivity contribution < 1.29 is 14.3 Å². The number of hydrogen-bond acceptors (Lipinski definition) is 4. The molecule has 1 aromatic carbocycles. The lowest BCUT2D eigenvalue weighted by atomic mass is 10.1. The van der Waals surface area contributed by atoms with E-state index in [4.69, 9.17) is 16.3 Å². The van der Waals surface area contributed by atoms with Crippen molar-refractivity contribution in [3.05, 3.63) is 52.3 Å². The van der Waals surface area contributed by atoms with Crippen LogP contribution < -0.4 is 5.32 Å². The van der Waals surface area contributed by atoms with E-state index in [0.717, 1.165) is 0 Å². The van der Waals surface area contributed by atoms with Crippen molar-refractivity contribution in [3.8, 4) is 0 Å². The van der Waals surface area contributed by atoms with Crippen LogP contribution in [0.15, 0.2) is 30.5 Å². The van der Waals surface area contributed by atoms with Crippen LogP contribution in [0, 0.1) is 6.92 Å². The molecular formula is C15H16ClN3O3. The van der Waals surface area contributed by atoms with Crippen LogP contribution in [0.4, 0.5) is 0 Å². The Bertz CT molecular complexity index is 667. The van der Waals surface area contributed by atoms with E-state index in [0.29, 0.717) is 21.8 Å². The summed E-state index contributed by atoms with van der Waals surface area (Å²) in [6, 6.07) is 5.74. The van der Waals surface area contributed by atoms with Crippen LogP contribution in [0.25, 0.3) is 0 Å². The molecule has 0 saturated heterocycles. The maximum absolute atomic E-state index is 12.3. The first-order chi connectivity index (χ1) is 10.5. The zero-order valence-corrected chi connectivity index (χ0v) is 13.0. The first-order valence-corrected chi connectivity index (χ1v) is 7.13. The van der Waals surface area contributed by atoms with Crippen molar-refractivity contribution in [2.75, 3.05) is 6.61 Å². The molecule has 0 spiro atoms. The number of ether oxygens (including phenoxy) is 1. The van der Waals surface area contributed by atoms with Gasteiger partial charge in [0.1, 0.15) is 0 Å². The van der Waals surface area contributed by atoms with E-state index in [-0.39, 0.29) is 6.61 Å². The Morgan fingerprint density at radius 3 is 2.59 bits per heavy atom. The molecule has 0 saturated carbocycles. The zero-order chi connectivity index (χ0) is 16.1. The zero-order valence-electron chi connectivity index (χ0n) is 12.2. The molecule has 0 aliphatic heterocycles. The van der Waals surface area contributed by atoms with Crippen molar-refractivity contribution >= 4 is 23.5 Å². The molecule has 7 heteroatoms. The van der Waals surface area contributed by atoms with Crippen molar-refractivity contribution in [2.45, 2.75) is 19.9 Å². The highest BCUT2D eigenvalue weighted by Gasteiger charge is 2.25. The number of carbonyl (C=O) groups excluding carboxylic acids is 2. The van der Waals surface area contributed by atoms with Crippen molar-refractivity contribution in [3.63, 3.8) is 0 Å². The van der Waals surface area contributed by atoms with Crippen molar-refractivity contribution in [1.82, 2.24) is 15.5 Å². The molecule has 1 atom stereocenters. The molecule has 2 N–H and O–H groups in total. The summed E-state index contributed by atoms with van der Waals surface area (Å²) in [6.45, 7) is 3.66. The maximum atomic E-state index is 12.3. The Balaban J connectivity index is 2.25. The summed E-state index contributed by atoms with van der Waals surface area (Å²) in [5.41, 5.74) is 1.59. The van der Waals surface area contributed by atoms with Gasteiger partial charge in [-0.15, -0.1) is 0 Å². The summed E-state index contributed by atoms with van der Waals surface area (Å²) in [6.07, 6.45) is 1.41. The number of aryl methyl sites for hydroxylation is 1. The van der Waals surface area contributed by atoms with Gasteiger partial charge >= 0.3 is 5.97 Å². The summed E-state index contributed by atoms with van der Waals surface area (Å²) in [5, 5.41) is 9.68. The molecule has 1 amide bonds. The summed E-state index contributed by atoms with van der Waals surface area (Å²) in [5.74, 6) is -0.932. The molecule has 2 rings (SSSR count). The Morgan fingerprint density at radius 1 is 1.36 bits per heavy atom. The number of aromatic nitrogens is 2. The first kappa shape index (κ1) is 16.0. The summed E-state index contributed by atoms with van der Waals surface area (Å²) in [4.78, 5) is 24.4. The van der Waals surface area contributed by atoms with Gasteiger partial charge in [0.05, 0.1) is 18.4 Å². The number of aromatic amines is 1. The van der Waals surface area contributed by atoms with Gasteiger partial charge in [0.2, 0.25) is 0 Å². The predicted molar refractivity (Wildman–Crippen MR) is 81.6 cm³/mol. The number of H-pyrrole nitrogens is 1. The molecule has 1 aromatic heterocycles. The lowest BCUT2D eigenvalue weighted by Crippen LogP contribution is -2.35. The number of carbonyl (C=O) groups is 2. The number of benzene rings is 1. The van der Waals surface area contributed by atoms with E-state index >= 15 is 0 Å². The van der Waals surface area contributed by atoms with Gasteiger partial charge in [0.25, 0.3) is 5.91 Å². The largest absolute Gasteiger partial charge is 0.464 e. The number of esters is 1. The number of nitrogens with one attached hydrogen (secondary N) is 2. The van der Waals surface area contributed by atoms with Gasteiger partial charge in [-0.05, 0) is 31.5 Å². The Morgan fingerprint density at radius 2 is 2.05 bits per heavy atom. The monoisotopic (exact) mass is 321 g/mol. The van der Waals surface area contributed by atoms with Gasteiger partial charge in [-0.1, -0.05) is 23.7 Å². The Labute approximate surface area is 132 Å². The highest BCUT2D eigenvalue weighted by atomic mass is 35.5. The first-order valence-electron chi connectivity index (χ1n) is 6.76. The van der Waals surface area contributed by atoms with E-state index < -0.39 is 17.9 Å². The van der Waals surface area contributed by atoms with E-state index in [2.05, 4.69) is 15.5 Å². The number of hydrogen-bond donors (Lipinski definition) is 2. The second kappa shape index (κ2) is 7.09. The minimum Gasteiger partial charge on any atom is -0.464 e. The van der Waals surface area contributed by atoms with Gasteiger partial charge in [-0.2, -0.15) is 5.10 Å². The van der Waals surface area contributed by atoms with Gasteiger partial charge in [0, 0.05) is 10.7 Å².